The third kappa shape index (κ3) is 4.14. The minimum atomic E-state index is -0.242. The third-order valence-electron chi connectivity index (χ3n) is 6.31. The van der Waals surface area contributed by atoms with Gasteiger partial charge >= 0.3 is 5.97 Å². The fraction of sp³-hybridized carbons (Fsp3) is 0.565. The number of hydrogen-bond donors (Lipinski definition) is 1. The number of benzene rings is 1. The Morgan fingerprint density at radius 2 is 2.00 bits per heavy atom. The quantitative estimate of drug-likeness (QED) is 0.626. The lowest BCUT2D eigenvalue weighted by molar-refractivity contribution is -0.152. The van der Waals surface area contributed by atoms with Crippen molar-refractivity contribution in [3.8, 4) is 0 Å². The molecule has 0 bridgehead atoms. The SMILES string of the molecule is CCOC(=O)[C@@H]1C=C(C)[C@@H](NC(C)=O)[C@@]2(C)CN(Cc3ccccc3)CC[C@@H]12. The molecular weight excluding hydrogens is 352 g/mol. The van der Waals surface area contributed by atoms with Crippen molar-refractivity contribution in [1.29, 1.82) is 0 Å². The van der Waals surface area contributed by atoms with Crippen molar-refractivity contribution in [2.75, 3.05) is 19.7 Å². The number of amides is 1. The van der Waals surface area contributed by atoms with Gasteiger partial charge in [0.1, 0.15) is 0 Å². The normalized spacial score (nSPS) is 30.1. The first-order valence-electron chi connectivity index (χ1n) is 10.2. The predicted molar refractivity (Wildman–Crippen MR) is 109 cm³/mol. The Morgan fingerprint density at radius 3 is 2.64 bits per heavy atom. The molecule has 152 valence electrons. The Labute approximate surface area is 168 Å². The van der Waals surface area contributed by atoms with Crippen LogP contribution in [0.2, 0.25) is 0 Å². The monoisotopic (exact) mass is 384 g/mol. The summed E-state index contributed by atoms with van der Waals surface area (Å²) in [6, 6.07) is 10.4. The van der Waals surface area contributed by atoms with Crippen LogP contribution in [-0.2, 0) is 20.9 Å². The zero-order valence-electron chi connectivity index (χ0n) is 17.4. The molecule has 0 aromatic heterocycles. The molecule has 3 rings (SSSR count). The van der Waals surface area contributed by atoms with Gasteiger partial charge in [-0.25, -0.2) is 0 Å². The summed E-state index contributed by atoms with van der Waals surface area (Å²) in [5.41, 5.74) is 2.11. The van der Waals surface area contributed by atoms with Crippen molar-refractivity contribution in [2.24, 2.45) is 17.3 Å². The molecule has 1 aromatic carbocycles. The lowest BCUT2D eigenvalue weighted by Gasteiger charge is -2.54. The molecule has 28 heavy (non-hydrogen) atoms. The lowest BCUT2D eigenvalue weighted by Crippen LogP contribution is -2.62. The van der Waals surface area contributed by atoms with Gasteiger partial charge in [0.05, 0.1) is 18.6 Å². The standard InChI is InChI=1S/C23H32N2O3/c1-5-28-22(27)19-13-16(2)21(24-17(3)26)23(4)15-25(12-11-20(19)23)14-18-9-7-6-8-10-18/h6-10,13,19-21H,5,11-12,14-15H2,1-4H3,(H,24,26)/t19-,20+,21-,23+/m1/s1. The van der Waals surface area contributed by atoms with Gasteiger partial charge in [-0.15, -0.1) is 0 Å². The van der Waals surface area contributed by atoms with E-state index in [0.717, 1.165) is 31.6 Å². The van der Waals surface area contributed by atoms with E-state index < -0.39 is 0 Å². The number of carbonyl (C=O) groups is 2. The summed E-state index contributed by atoms with van der Waals surface area (Å²) in [7, 11) is 0. The number of nitrogens with one attached hydrogen (secondary N) is 1. The summed E-state index contributed by atoms with van der Waals surface area (Å²) in [6.07, 6.45) is 2.94. The van der Waals surface area contributed by atoms with Crippen LogP contribution in [0.4, 0.5) is 0 Å². The molecule has 5 heteroatoms. The van der Waals surface area contributed by atoms with Crippen molar-refractivity contribution in [3.63, 3.8) is 0 Å². The van der Waals surface area contributed by atoms with E-state index >= 15 is 0 Å². The first kappa shape index (κ1) is 20.6. The second-order valence-electron chi connectivity index (χ2n) is 8.42. The van der Waals surface area contributed by atoms with E-state index in [9.17, 15) is 9.59 Å². The maximum absolute atomic E-state index is 12.7. The minimum Gasteiger partial charge on any atom is -0.466 e. The molecule has 1 saturated heterocycles. The number of hydrogen-bond acceptors (Lipinski definition) is 4. The molecule has 1 aromatic rings. The summed E-state index contributed by atoms with van der Waals surface area (Å²) in [5, 5.41) is 3.16. The van der Waals surface area contributed by atoms with Gasteiger partial charge in [0.25, 0.3) is 0 Å². The second kappa shape index (κ2) is 8.48. The number of fused-ring (bicyclic) bond motifs is 1. The second-order valence-corrected chi connectivity index (χ2v) is 8.42. The number of ether oxygens (including phenoxy) is 1. The molecule has 1 aliphatic carbocycles. The zero-order valence-corrected chi connectivity index (χ0v) is 17.4. The highest BCUT2D eigenvalue weighted by Crippen LogP contribution is 2.49. The highest BCUT2D eigenvalue weighted by molar-refractivity contribution is 5.77. The Morgan fingerprint density at radius 1 is 1.29 bits per heavy atom. The topological polar surface area (TPSA) is 58.6 Å². The first-order valence-corrected chi connectivity index (χ1v) is 10.2. The Hall–Kier alpha value is -2.14. The fourth-order valence-corrected chi connectivity index (χ4v) is 5.17. The van der Waals surface area contributed by atoms with Gasteiger partial charge in [-0.3, -0.25) is 14.5 Å². The molecule has 0 spiro atoms. The molecule has 1 amide bonds. The van der Waals surface area contributed by atoms with Gasteiger partial charge in [0, 0.05) is 25.4 Å². The molecule has 1 N–H and O–H groups in total. The Kier molecular flexibility index (Phi) is 6.23. The highest BCUT2D eigenvalue weighted by Gasteiger charge is 2.53. The lowest BCUT2D eigenvalue weighted by atomic mass is 9.58. The molecule has 2 aliphatic rings. The van der Waals surface area contributed by atoms with Gasteiger partial charge in [-0.1, -0.05) is 48.9 Å². The van der Waals surface area contributed by atoms with Gasteiger partial charge in [-0.05, 0) is 38.3 Å². The first-order chi connectivity index (χ1) is 13.3. The molecular formula is C23H32N2O3. The van der Waals surface area contributed by atoms with Crippen molar-refractivity contribution in [3.05, 3.63) is 47.5 Å². The molecule has 0 unspecified atom stereocenters. The fourth-order valence-electron chi connectivity index (χ4n) is 5.17. The van der Waals surface area contributed by atoms with E-state index in [1.165, 1.54) is 5.56 Å². The van der Waals surface area contributed by atoms with E-state index in [2.05, 4.69) is 41.4 Å². The van der Waals surface area contributed by atoms with Crippen LogP contribution in [0.1, 0.15) is 39.7 Å². The number of nitrogens with zero attached hydrogens (tertiary/aromatic N) is 1. The van der Waals surface area contributed by atoms with Crippen molar-refractivity contribution in [1.82, 2.24) is 10.2 Å². The highest BCUT2D eigenvalue weighted by atomic mass is 16.5. The van der Waals surface area contributed by atoms with Crippen LogP contribution in [0.5, 0.6) is 0 Å². The molecule has 4 atom stereocenters. The van der Waals surface area contributed by atoms with Crippen molar-refractivity contribution in [2.45, 2.75) is 46.7 Å². The number of likely N-dealkylation sites (tertiary alicyclic amines) is 1. The predicted octanol–water partition coefficient (Wildman–Crippen LogP) is 3.16. The van der Waals surface area contributed by atoms with Crippen molar-refractivity contribution < 1.29 is 14.3 Å². The molecule has 1 aliphatic heterocycles. The molecule has 1 heterocycles. The van der Waals surface area contributed by atoms with Gasteiger partial charge < -0.3 is 10.1 Å². The van der Waals surface area contributed by atoms with E-state index in [0.29, 0.717) is 6.61 Å². The summed E-state index contributed by atoms with van der Waals surface area (Å²) < 4.78 is 5.38. The van der Waals surface area contributed by atoms with Crippen LogP contribution in [0.25, 0.3) is 0 Å². The Balaban J connectivity index is 1.89. The minimum absolute atomic E-state index is 0.0347. The summed E-state index contributed by atoms with van der Waals surface area (Å²) >= 11 is 0. The average molecular weight is 385 g/mol. The van der Waals surface area contributed by atoms with Crippen LogP contribution in [0.15, 0.2) is 42.0 Å². The summed E-state index contributed by atoms with van der Waals surface area (Å²) in [6.45, 7) is 10.7. The number of carbonyl (C=O) groups excluding carboxylic acids is 2. The van der Waals surface area contributed by atoms with Crippen LogP contribution in [-0.4, -0.2) is 42.5 Å². The van der Waals surface area contributed by atoms with Gasteiger partial charge in [0.2, 0.25) is 5.91 Å². The molecule has 5 nitrogen and oxygen atoms in total. The number of piperidine rings is 1. The number of rotatable bonds is 5. The third-order valence-corrected chi connectivity index (χ3v) is 6.31. The van der Waals surface area contributed by atoms with E-state index in [1.807, 2.05) is 26.0 Å². The summed E-state index contributed by atoms with van der Waals surface area (Å²) in [5.74, 6) is -0.267. The van der Waals surface area contributed by atoms with Crippen LogP contribution < -0.4 is 5.32 Å². The maximum atomic E-state index is 12.7. The Bertz CT molecular complexity index is 745. The number of esters is 1. The van der Waals surface area contributed by atoms with Gasteiger partial charge in [-0.2, -0.15) is 0 Å². The molecule has 1 fully saturated rings. The van der Waals surface area contributed by atoms with E-state index in [4.69, 9.17) is 4.74 Å². The average Bonchev–Trinajstić information content (AvgIpc) is 2.64. The molecule has 0 radical (unpaired) electrons. The summed E-state index contributed by atoms with van der Waals surface area (Å²) in [4.78, 5) is 27.0. The van der Waals surface area contributed by atoms with Gasteiger partial charge in [0.15, 0.2) is 0 Å². The zero-order chi connectivity index (χ0) is 20.3. The van der Waals surface area contributed by atoms with E-state index in [1.54, 1.807) is 6.92 Å². The smallest absolute Gasteiger partial charge is 0.313 e. The van der Waals surface area contributed by atoms with Crippen molar-refractivity contribution >= 4 is 11.9 Å². The van der Waals surface area contributed by atoms with Crippen LogP contribution in [0.3, 0.4) is 0 Å². The van der Waals surface area contributed by atoms with Crippen LogP contribution >= 0.6 is 0 Å². The molecule has 0 saturated carbocycles. The van der Waals surface area contributed by atoms with Crippen LogP contribution in [0, 0.1) is 17.3 Å². The van der Waals surface area contributed by atoms with E-state index in [-0.39, 0.29) is 35.2 Å². The largest absolute Gasteiger partial charge is 0.466 e. The maximum Gasteiger partial charge on any atom is 0.313 e.